The molecule has 1 aliphatic rings. The van der Waals surface area contributed by atoms with Crippen LogP contribution >= 0.6 is 12.4 Å². The van der Waals surface area contributed by atoms with Gasteiger partial charge in [0.25, 0.3) is 0 Å². The summed E-state index contributed by atoms with van der Waals surface area (Å²) in [6.07, 6.45) is 4.12. The van der Waals surface area contributed by atoms with Crippen LogP contribution in [-0.2, 0) is 11.3 Å². The number of aliphatic hydroxyl groups excluding tert-OH is 1. The van der Waals surface area contributed by atoms with Crippen molar-refractivity contribution in [2.24, 2.45) is 0 Å². The maximum absolute atomic E-state index is 10.9. The largest absolute Gasteiger partial charge is 0.478 e. The summed E-state index contributed by atoms with van der Waals surface area (Å²) in [4.78, 5) is 16.8. The summed E-state index contributed by atoms with van der Waals surface area (Å²) in [6.45, 7) is 1.39. The zero-order chi connectivity index (χ0) is 12.3. The molecule has 2 N–H and O–H groups in total. The molecule has 0 amide bonds. The van der Waals surface area contributed by atoms with Gasteiger partial charge in [-0.3, -0.25) is 9.88 Å². The molecule has 1 aromatic rings. The van der Waals surface area contributed by atoms with E-state index in [0.717, 1.165) is 5.56 Å². The number of halogens is 1. The zero-order valence-electron chi connectivity index (χ0n) is 9.69. The van der Waals surface area contributed by atoms with Crippen LogP contribution in [0.5, 0.6) is 0 Å². The van der Waals surface area contributed by atoms with E-state index < -0.39 is 12.1 Å². The molecule has 0 saturated carbocycles. The molecule has 0 aliphatic carbocycles. The molecule has 98 valence electrons. The van der Waals surface area contributed by atoms with E-state index in [9.17, 15) is 9.90 Å². The van der Waals surface area contributed by atoms with Crippen molar-refractivity contribution in [3.63, 3.8) is 0 Å². The van der Waals surface area contributed by atoms with Gasteiger partial charge in [-0.15, -0.1) is 12.4 Å². The number of nitrogens with zero attached hydrogens (tertiary/aromatic N) is 2. The number of aliphatic hydroxyl groups is 1. The highest BCUT2D eigenvalue weighted by molar-refractivity contribution is 5.87. The molecule has 6 heteroatoms. The summed E-state index contributed by atoms with van der Waals surface area (Å²) < 4.78 is 0. The first-order valence-electron chi connectivity index (χ1n) is 5.38. The first kappa shape index (κ1) is 14.6. The number of hydrogen-bond donors (Lipinski definition) is 2. The summed E-state index contributed by atoms with van der Waals surface area (Å²) in [5, 5.41) is 18.5. The van der Waals surface area contributed by atoms with Crippen LogP contribution in [-0.4, -0.2) is 45.3 Å². The average Bonchev–Trinajstić information content (AvgIpc) is 2.29. The van der Waals surface area contributed by atoms with Gasteiger partial charge in [-0.25, -0.2) is 4.79 Å². The van der Waals surface area contributed by atoms with Crippen LogP contribution in [0.4, 0.5) is 0 Å². The lowest BCUT2D eigenvalue weighted by Crippen LogP contribution is -2.38. The van der Waals surface area contributed by atoms with Gasteiger partial charge in [0.15, 0.2) is 0 Å². The third-order valence-electron chi connectivity index (χ3n) is 2.64. The lowest BCUT2D eigenvalue weighted by molar-refractivity contribution is -0.133. The number of aromatic nitrogens is 1. The quantitative estimate of drug-likeness (QED) is 0.845. The van der Waals surface area contributed by atoms with E-state index in [1.54, 1.807) is 12.4 Å². The molecular formula is C12H15ClN2O3. The van der Waals surface area contributed by atoms with Gasteiger partial charge in [0.05, 0.1) is 6.10 Å². The van der Waals surface area contributed by atoms with Crippen LogP contribution in [0.1, 0.15) is 5.56 Å². The Morgan fingerprint density at radius 2 is 2.33 bits per heavy atom. The molecule has 2 heterocycles. The molecule has 0 saturated heterocycles. The van der Waals surface area contributed by atoms with Crippen molar-refractivity contribution in [1.82, 2.24) is 9.88 Å². The minimum atomic E-state index is -0.972. The third kappa shape index (κ3) is 3.80. The monoisotopic (exact) mass is 270 g/mol. The van der Waals surface area contributed by atoms with Crippen molar-refractivity contribution in [1.29, 1.82) is 0 Å². The normalized spacial score (nSPS) is 19.8. The van der Waals surface area contributed by atoms with Crippen LogP contribution in [0.2, 0.25) is 0 Å². The van der Waals surface area contributed by atoms with Gasteiger partial charge in [-0.2, -0.15) is 0 Å². The molecule has 0 bridgehead atoms. The van der Waals surface area contributed by atoms with Gasteiger partial charge < -0.3 is 10.2 Å². The Kier molecular flexibility index (Phi) is 5.27. The van der Waals surface area contributed by atoms with E-state index >= 15 is 0 Å². The summed E-state index contributed by atoms with van der Waals surface area (Å²) in [6, 6.07) is 3.77. The molecule has 1 aromatic heterocycles. The lowest BCUT2D eigenvalue weighted by Gasteiger charge is -2.28. The van der Waals surface area contributed by atoms with Gasteiger partial charge in [-0.1, -0.05) is 6.07 Å². The molecule has 1 atom stereocenters. The van der Waals surface area contributed by atoms with Gasteiger partial charge >= 0.3 is 5.97 Å². The van der Waals surface area contributed by atoms with Gasteiger partial charge in [0.1, 0.15) is 0 Å². The van der Waals surface area contributed by atoms with E-state index in [2.05, 4.69) is 4.98 Å². The Morgan fingerprint density at radius 1 is 1.56 bits per heavy atom. The standard InChI is InChI=1S/C12H14N2O3.ClH/c15-11-4-10(12(16)17)7-14(8-11)6-9-2-1-3-13-5-9;/h1-5,11,15H,6-8H2,(H,16,17);1H. The molecule has 2 rings (SSSR count). The summed E-state index contributed by atoms with van der Waals surface area (Å²) in [7, 11) is 0. The van der Waals surface area contributed by atoms with Gasteiger partial charge in [-0.05, 0) is 17.7 Å². The van der Waals surface area contributed by atoms with E-state index in [-0.39, 0.29) is 18.0 Å². The van der Waals surface area contributed by atoms with Crippen molar-refractivity contribution < 1.29 is 15.0 Å². The molecule has 1 aliphatic heterocycles. The number of aliphatic carboxylic acids is 1. The predicted octanol–water partition coefficient (Wildman–Crippen LogP) is 0.691. The highest BCUT2D eigenvalue weighted by Crippen LogP contribution is 2.13. The summed E-state index contributed by atoms with van der Waals surface area (Å²) >= 11 is 0. The number of carbonyl (C=O) groups is 1. The Morgan fingerprint density at radius 3 is 2.94 bits per heavy atom. The smallest absolute Gasteiger partial charge is 0.332 e. The lowest BCUT2D eigenvalue weighted by atomic mass is 10.1. The van der Waals surface area contributed by atoms with E-state index in [1.165, 1.54) is 6.08 Å². The average molecular weight is 271 g/mol. The SMILES string of the molecule is Cl.O=C(O)C1=CC(O)CN(Cc2cccnc2)C1. The van der Waals surface area contributed by atoms with E-state index in [4.69, 9.17) is 5.11 Å². The fourth-order valence-electron chi connectivity index (χ4n) is 1.92. The molecule has 0 aromatic carbocycles. The highest BCUT2D eigenvalue weighted by Gasteiger charge is 2.22. The Hall–Kier alpha value is -1.43. The summed E-state index contributed by atoms with van der Waals surface area (Å²) in [5.41, 5.74) is 1.25. The minimum absolute atomic E-state index is 0. The van der Waals surface area contributed by atoms with E-state index in [0.29, 0.717) is 19.6 Å². The fourth-order valence-corrected chi connectivity index (χ4v) is 1.92. The van der Waals surface area contributed by atoms with Crippen LogP contribution in [0, 0.1) is 0 Å². The molecule has 0 radical (unpaired) electrons. The molecule has 1 unspecified atom stereocenters. The number of carboxylic acid groups (broad SMARTS) is 1. The number of pyridine rings is 1. The fraction of sp³-hybridized carbons (Fsp3) is 0.333. The maximum atomic E-state index is 10.9. The Bertz CT molecular complexity index is 436. The Labute approximate surface area is 111 Å². The Balaban J connectivity index is 0.00000162. The second kappa shape index (κ2) is 6.49. The maximum Gasteiger partial charge on any atom is 0.332 e. The molecule has 0 spiro atoms. The number of hydrogen-bond acceptors (Lipinski definition) is 4. The molecular weight excluding hydrogens is 256 g/mol. The third-order valence-corrected chi connectivity index (χ3v) is 2.64. The van der Waals surface area contributed by atoms with Gasteiger partial charge in [0, 0.05) is 37.6 Å². The first-order chi connectivity index (χ1) is 8.15. The zero-order valence-corrected chi connectivity index (χ0v) is 10.5. The second-order valence-electron chi connectivity index (χ2n) is 4.10. The predicted molar refractivity (Wildman–Crippen MR) is 68.5 cm³/mol. The number of β-amino-alcohol motifs (C(OH)–C–C–N with tert-alkyl or cyclic N) is 1. The summed E-state index contributed by atoms with van der Waals surface area (Å²) in [5.74, 6) is -0.972. The second-order valence-corrected chi connectivity index (χ2v) is 4.10. The van der Waals surface area contributed by atoms with Crippen molar-refractivity contribution in [2.75, 3.05) is 13.1 Å². The minimum Gasteiger partial charge on any atom is -0.478 e. The molecule has 18 heavy (non-hydrogen) atoms. The van der Waals surface area contributed by atoms with E-state index in [1.807, 2.05) is 17.0 Å². The number of carboxylic acids is 1. The van der Waals surface area contributed by atoms with Crippen LogP contribution in [0.25, 0.3) is 0 Å². The van der Waals surface area contributed by atoms with Crippen LogP contribution in [0.3, 0.4) is 0 Å². The highest BCUT2D eigenvalue weighted by atomic mass is 35.5. The van der Waals surface area contributed by atoms with Crippen LogP contribution in [0.15, 0.2) is 36.2 Å². The van der Waals surface area contributed by atoms with Crippen molar-refractivity contribution >= 4 is 18.4 Å². The van der Waals surface area contributed by atoms with Crippen molar-refractivity contribution in [3.05, 3.63) is 41.7 Å². The van der Waals surface area contributed by atoms with Crippen molar-refractivity contribution in [2.45, 2.75) is 12.6 Å². The molecule has 5 nitrogen and oxygen atoms in total. The van der Waals surface area contributed by atoms with Gasteiger partial charge in [0.2, 0.25) is 0 Å². The first-order valence-corrected chi connectivity index (χ1v) is 5.38. The topological polar surface area (TPSA) is 73.7 Å². The van der Waals surface area contributed by atoms with Crippen LogP contribution < -0.4 is 0 Å². The van der Waals surface area contributed by atoms with Crippen molar-refractivity contribution in [3.8, 4) is 0 Å². The molecule has 0 fully saturated rings. The number of rotatable bonds is 3.